The zero-order valence-corrected chi connectivity index (χ0v) is 23.4. The number of benzene rings is 1. The molecule has 2 aliphatic carbocycles. The van der Waals surface area contributed by atoms with Crippen molar-refractivity contribution in [1.29, 1.82) is 52.6 Å². The summed E-state index contributed by atoms with van der Waals surface area (Å²) in [5.41, 5.74) is -8.01. The highest BCUT2D eigenvalue weighted by atomic mass is 19.1. The lowest BCUT2D eigenvalue weighted by Crippen LogP contribution is -2.05. The van der Waals surface area contributed by atoms with Crippen molar-refractivity contribution in [3.05, 3.63) is 103 Å². The van der Waals surface area contributed by atoms with Crippen molar-refractivity contribution < 1.29 is 8.78 Å². The first-order chi connectivity index (χ1) is 23.2. The molecule has 5 rings (SSSR count). The summed E-state index contributed by atoms with van der Waals surface area (Å²) in [6, 6.07) is 19.1. The second-order valence-electron chi connectivity index (χ2n) is 9.47. The van der Waals surface area contributed by atoms with Gasteiger partial charge in [-0.1, -0.05) is 0 Å². The van der Waals surface area contributed by atoms with Crippen molar-refractivity contribution in [1.82, 2.24) is 9.97 Å². The van der Waals surface area contributed by atoms with E-state index in [2.05, 4.69) is 9.97 Å². The molecule has 0 unspecified atom stereocenters. The molecule has 12 nitrogen and oxygen atoms in total. The molecule has 14 heteroatoms. The molecule has 48 heavy (non-hydrogen) atoms. The molecular formula is C34H4F2N12. The SMILES string of the molecule is N#CC(C#N)=C1C(c2cc(F)ncc2C#N)=C(C#N)c2c(C#N)c3c(c(C#N)c21)C(C#N)=C(c1cc(F)ncc1C#N)C3=C(C#N)C#N. The number of rotatable bonds is 2. The van der Waals surface area contributed by atoms with Gasteiger partial charge in [0.25, 0.3) is 0 Å². The molecule has 0 N–H and O–H groups in total. The van der Waals surface area contributed by atoms with Gasteiger partial charge in [0.15, 0.2) is 0 Å². The van der Waals surface area contributed by atoms with E-state index < -0.39 is 67.6 Å². The zero-order valence-electron chi connectivity index (χ0n) is 23.4. The first kappa shape index (κ1) is 30.7. The van der Waals surface area contributed by atoms with Crippen LogP contribution in [0.3, 0.4) is 0 Å². The molecule has 2 aromatic heterocycles. The molecule has 0 radical (unpaired) electrons. The zero-order chi connectivity index (χ0) is 34.9. The van der Waals surface area contributed by atoms with E-state index in [9.17, 15) is 61.4 Å². The molecule has 0 aliphatic heterocycles. The normalized spacial score (nSPS) is 11.9. The van der Waals surface area contributed by atoms with Crippen LogP contribution in [0.25, 0.3) is 33.4 Å². The van der Waals surface area contributed by atoms with Crippen LogP contribution < -0.4 is 0 Å². The molecular weight excluding hydrogens is 614 g/mol. The highest BCUT2D eigenvalue weighted by Gasteiger charge is 2.44. The van der Waals surface area contributed by atoms with Crippen LogP contribution in [0.2, 0.25) is 0 Å². The molecule has 0 bridgehead atoms. The van der Waals surface area contributed by atoms with E-state index in [-0.39, 0.29) is 44.5 Å². The van der Waals surface area contributed by atoms with Gasteiger partial charge < -0.3 is 0 Å². The lowest BCUT2D eigenvalue weighted by molar-refractivity contribution is 0.582. The van der Waals surface area contributed by atoms with Crippen LogP contribution in [-0.4, -0.2) is 9.97 Å². The molecule has 0 saturated heterocycles. The van der Waals surface area contributed by atoms with E-state index in [1.165, 1.54) is 0 Å². The summed E-state index contributed by atoms with van der Waals surface area (Å²) in [7, 11) is 0. The minimum absolute atomic E-state index is 0.315. The number of allylic oxidation sites excluding steroid dienone is 8. The van der Waals surface area contributed by atoms with Gasteiger partial charge >= 0.3 is 0 Å². The third-order valence-electron chi connectivity index (χ3n) is 7.42. The molecule has 0 fully saturated rings. The fourth-order valence-corrected chi connectivity index (χ4v) is 5.71. The Kier molecular flexibility index (Phi) is 7.50. The van der Waals surface area contributed by atoms with Crippen LogP contribution in [0.5, 0.6) is 0 Å². The average Bonchev–Trinajstić information content (AvgIpc) is 3.61. The van der Waals surface area contributed by atoms with E-state index in [4.69, 9.17) is 0 Å². The molecule has 2 heterocycles. The van der Waals surface area contributed by atoms with Crippen LogP contribution in [0.15, 0.2) is 35.7 Å². The summed E-state index contributed by atoms with van der Waals surface area (Å²) in [6.07, 6.45) is 1.66. The van der Waals surface area contributed by atoms with Crippen molar-refractivity contribution in [2.45, 2.75) is 0 Å². The Labute approximate surface area is 268 Å². The number of hydrogen-bond donors (Lipinski definition) is 0. The van der Waals surface area contributed by atoms with Crippen LogP contribution >= 0.6 is 0 Å². The summed E-state index contributed by atoms with van der Waals surface area (Å²) in [4.78, 5) is 6.86. The van der Waals surface area contributed by atoms with Crippen molar-refractivity contribution in [3.8, 4) is 60.7 Å². The van der Waals surface area contributed by atoms with Gasteiger partial charge in [-0.3, -0.25) is 0 Å². The number of pyridine rings is 2. The van der Waals surface area contributed by atoms with Crippen molar-refractivity contribution in [2.75, 3.05) is 0 Å². The third kappa shape index (κ3) is 4.10. The van der Waals surface area contributed by atoms with E-state index in [0.717, 1.165) is 24.5 Å². The highest BCUT2D eigenvalue weighted by Crippen LogP contribution is 2.58. The number of hydrogen-bond acceptors (Lipinski definition) is 12. The minimum Gasteiger partial charge on any atom is -0.227 e. The Hall–Kier alpha value is -8.76. The lowest BCUT2D eigenvalue weighted by atomic mass is 9.82. The summed E-state index contributed by atoms with van der Waals surface area (Å²) in [6.45, 7) is 0. The quantitative estimate of drug-likeness (QED) is 0.278. The smallest absolute Gasteiger partial charge is 0.213 e. The van der Waals surface area contributed by atoms with Crippen LogP contribution in [0.1, 0.15) is 55.6 Å². The Morgan fingerprint density at radius 2 is 0.833 bits per heavy atom. The molecule has 214 valence electrons. The fraction of sp³-hybridized carbons (Fsp3) is 0. The Balaban J connectivity index is 2.17. The first-order valence-electron chi connectivity index (χ1n) is 12.8. The van der Waals surface area contributed by atoms with Crippen LogP contribution in [-0.2, 0) is 0 Å². The number of fused-ring (bicyclic) bond motifs is 2. The maximum atomic E-state index is 14.5. The first-order valence-corrected chi connectivity index (χ1v) is 12.8. The molecule has 1 aromatic carbocycles. The maximum Gasteiger partial charge on any atom is 0.213 e. The number of aromatic nitrogens is 2. The van der Waals surface area contributed by atoms with Gasteiger partial charge in [-0.2, -0.15) is 61.4 Å². The van der Waals surface area contributed by atoms with E-state index >= 15 is 0 Å². The summed E-state index contributed by atoms with van der Waals surface area (Å²) < 4.78 is 29.1. The molecule has 0 saturated carbocycles. The number of halogens is 2. The summed E-state index contributed by atoms with van der Waals surface area (Å²) in [5.74, 6) is -2.25. The van der Waals surface area contributed by atoms with Gasteiger partial charge in [0, 0.05) is 80.2 Å². The minimum atomic E-state index is -1.13. The van der Waals surface area contributed by atoms with E-state index in [1.807, 2.05) is 24.3 Å². The number of nitrogens with zero attached hydrogens (tertiary/aromatic N) is 12. The van der Waals surface area contributed by atoms with Crippen LogP contribution in [0.4, 0.5) is 8.78 Å². The standard InChI is InChI=1S/C34H4F2N12/c35-25-1-19(17(7-41)13-47-25)29-21(9-43)31-23(11-45)34-28(16(5-39)6-40)30(20-2-26(36)48-14-18(20)8-42)22(10-44)32(34)24(12-46)33(31)27(29)15(3-37)4-38/h1-2,13-14H. The maximum absolute atomic E-state index is 14.5. The van der Waals surface area contributed by atoms with Gasteiger partial charge in [-0.15, -0.1) is 0 Å². The van der Waals surface area contributed by atoms with Gasteiger partial charge in [-0.25, -0.2) is 9.97 Å². The second-order valence-corrected chi connectivity index (χ2v) is 9.47. The fourth-order valence-electron chi connectivity index (χ4n) is 5.71. The average molecular weight is 618 g/mol. The number of nitriles is 10. The molecule has 3 aromatic rings. The van der Waals surface area contributed by atoms with Gasteiger partial charge in [0.1, 0.15) is 71.8 Å². The molecule has 0 atom stereocenters. The van der Waals surface area contributed by atoms with Crippen molar-refractivity contribution in [3.63, 3.8) is 0 Å². The Morgan fingerprint density at radius 1 is 0.479 bits per heavy atom. The van der Waals surface area contributed by atoms with Crippen LogP contribution in [0, 0.1) is 125 Å². The van der Waals surface area contributed by atoms with Gasteiger partial charge in [-0.05, 0) is 0 Å². The second kappa shape index (κ2) is 11.7. The van der Waals surface area contributed by atoms with E-state index in [0.29, 0.717) is 0 Å². The highest BCUT2D eigenvalue weighted by molar-refractivity contribution is 6.32. The summed E-state index contributed by atoms with van der Waals surface area (Å²) >= 11 is 0. The molecule has 0 amide bonds. The molecule has 2 aliphatic rings. The monoisotopic (exact) mass is 618 g/mol. The predicted octanol–water partition coefficient (Wildman–Crippen LogP) is 4.74. The predicted molar refractivity (Wildman–Crippen MR) is 155 cm³/mol. The van der Waals surface area contributed by atoms with Crippen molar-refractivity contribution >= 4 is 33.4 Å². The molecule has 0 spiro atoms. The van der Waals surface area contributed by atoms with Gasteiger partial charge in [0.05, 0.1) is 33.4 Å². The van der Waals surface area contributed by atoms with Gasteiger partial charge in [0.2, 0.25) is 11.9 Å². The lowest BCUT2D eigenvalue weighted by Gasteiger charge is -2.16. The Morgan fingerprint density at radius 3 is 1.10 bits per heavy atom. The third-order valence-corrected chi connectivity index (χ3v) is 7.42. The Bertz CT molecular complexity index is 2470. The van der Waals surface area contributed by atoms with Crippen molar-refractivity contribution in [2.24, 2.45) is 0 Å². The largest absolute Gasteiger partial charge is 0.227 e. The van der Waals surface area contributed by atoms with E-state index in [1.54, 1.807) is 36.4 Å². The topological polar surface area (TPSA) is 264 Å². The summed E-state index contributed by atoms with van der Waals surface area (Å²) in [5, 5.41) is 102.